The molecule has 0 aromatic heterocycles. The third-order valence-electron chi connectivity index (χ3n) is 3.21. The summed E-state index contributed by atoms with van der Waals surface area (Å²) in [4.78, 5) is 12.0. The molecular formula is C13H19N3O2. The quantitative estimate of drug-likeness (QED) is 0.684. The van der Waals surface area contributed by atoms with Crippen molar-refractivity contribution in [2.45, 2.75) is 6.42 Å². The first-order chi connectivity index (χ1) is 8.70. The Hall–Kier alpha value is -1.75. The fraction of sp³-hybridized carbons (Fsp3) is 0.462. The SMILES string of the molecule is COc1cc(C(=O)NC[C@H]2CCNC2)ccc1N. The van der Waals surface area contributed by atoms with Gasteiger partial charge in [-0.25, -0.2) is 0 Å². The maximum Gasteiger partial charge on any atom is 0.251 e. The summed E-state index contributed by atoms with van der Waals surface area (Å²) in [6.45, 7) is 2.72. The van der Waals surface area contributed by atoms with Crippen LogP contribution in [-0.2, 0) is 0 Å². The molecule has 18 heavy (non-hydrogen) atoms. The number of nitrogens with two attached hydrogens (primary N) is 1. The number of nitrogen functional groups attached to an aromatic ring is 1. The van der Waals surface area contributed by atoms with E-state index in [0.29, 0.717) is 29.5 Å². The number of carbonyl (C=O) groups excluding carboxylic acids is 1. The molecule has 0 unspecified atom stereocenters. The van der Waals surface area contributed by atoms with Gasteiger partial charge in [0.1, 0.15) is 5.75 Å². The van der Waals surface area contributed by atoms with E-state index in [0.717, 1.165) is 19.5 Å². The molecule has 1 aromatic carbocycles. The molecule has 0 bridgehead atoms. The highest BCUT2D eigenvalue weighted by atomic mass is 16.5. The molecule has 1 saturated heterocycles. The molecule has 0 spiro atoms. The molecule has 1 aliphatic rings. The third kappa shape index (κ3) is 2.92. The zero-order chi connectivity index (χ0) is 13.0. The minimum Gasteiger partial charge on any atom is -0.495 e. The molecule has 1 fully saturated rings. The zero-order valence-electron chi connectivity index (χ0n) is 10.5. The number of benzene rings is 1. The van der Waals surface area contributed by atoms with Crippen LogP contribution in [0.2, 0.25) is 0 Å². The Kier molecular flexibility index (Phi) is 4.04. The van der Waals surface area contributed by atoms with Crippen molar-refractivity contribution in [3.8, 4) is 5.75 Å². The fourth-order valence-electron chi connectivity index (χ4n) is 2.08. The maximum atomic E-state index is 12.0. The second-order valence-corrected chi connectivity index (χ2v) is 4.53. The van der Waals surface area contributed by atoms with Gasteiger partial charge in [-0.1, -0.05) is 0 Å². The van der Waals surface area contributed by atoms with Crippen molar-refractivity contribution >= 4 is 11.6 Å². The number of ether oxygens (including phenoxy) is 1. The second-order valence-electron chi connectivity index (χ2n) is 4.53. The van der Waals surface area contributed by atoms with Crippen LogP contribution in [0.4, 0.5) is 5.69 Å². The second kappa shape index (κ2) is 5.73. The molecule has 1 amide bonds. The number of amides is 1. The van der Waals surface area contributed by atoms with Gasteiger partial charge in [-0.3, -0.25) is 4.79 Å². The van der Waals surface area contributed by atoms with E-state index in [2.05, 4.69) is 10.6 Å². The summed E-state index contributed by atoms with van der Waals surface area (Å²) in [5, 5.41) is 6.21. The summed E-state index contributed by atoms with van der Waals surface area (Å²) >= 11 is 0. The van der Waals surface area contributed by atoms with Gasteiger partial charge in [0.05, 0.1) is 12.8 Å². The molecule has 5 heteroatoms. The number of hydrogen-bond donors (Lipinski definition) is 3. The molecule has 5 nitrogen and oxygen atoms in total. The van der Waals surface area contributed by atoms with Gasteiger partial charge in [0, 0.05) is 12.1 Å². The van der Waals surface area contributed by atoms with E-state index < -0.39 is 0 Å². The monoisotopic (exact) mass is 249 g/mol. The average molecular weight is 249 g/mol. The Labute approximate surface area is 107 Å². The fourth-order valence-corrected chi connectivity index (χ4v) is 2.08. The summed E-state index contributed by atoms with van der Waals surface area (Å²) in [5.74, 6) is 0.981. The van der Waals surface area contributed by atoms with Crippen LogP contribution in [0.25, 0.3) is 0 Å². The summed E-state index contributed by atoms with van der Waals surface area (Å²) in [7, 11) is 1.54. The normalized spacial score (nSPS) is 18.6. The van der Waals surface area contributed by atoms with E-state index in [-0.39, 0.29) is 5.91 Å². The highest BCUT2D eigenvalue weighted by Crippen LogP contribution is 2.22. The van der Waals surface area contributed by atoms with Crippen LogP contribution >= 0.6 is 0 Å². The van der Waals surface area contributed by atoms with Gasteiger partial charge in [0.25, 0.3) is 5.91 Å². The van der Waals surface area contributed by atoms with E-state index in [4.69, 9.17) is 10.5 Å². The Morgan fingerprint density at radius 3 is 3.11 bits per heavy atom. The summed E-state index contributed by atoms with van der Waals surface area (Å²) in [5.41, 5.74) is 6.82. The highest BCUT2D eigenvalue weighted by Gasteiger charge is 2.16. The standard InChI is InChI=1S/C13H19N3O2/c1-18-12-6-10(2-3-11(12)14)13(17)16-8-9-4-5-15-7-9/h2-3,6,9,15H,4-5,7-8,14H2,1H3,(H,16,17)/t9-/m0/s1. The van der Waals surface area contributed by atoms with E-state index in [1.165, 1.54) is 7.11 Å². The molecule has 1 atom stereocenters. The topological polar surface area (TPSA) is 76.4 Å². The Morgan fingerprint density at radius 1 is 1.61 bits per heavy atom. The maximum absolute atomic E-state index is 12.0. The molecule has 98 valence electrons. The lowest BCUT2D eigenvalue weighted by molar-refractivity contribution is 0.0948. The third-order valence-corrected chi connectivity index (χ3v) is 3.21. The van der Waals surface area contributed by atoms with Crippen molar-refractivity contribution in [1.29, 1.82) is 0 Å². The number of methoxy groups -OCH3 is 1. The molecular weight excluding hydrogens is 230 g/mol. The van der Waals surface area contributed by atoms with Gasteiger partial charge < -0.3 is 21.1 Å². The molecule has 1 aromatic rings. The average Bonchev–Trinajstić information content (AvgIpc) is 2.89. The lowest BCUT2D eigenvalue weighted by Gasteiger charge is -2.11. The predicted octanol–water partition coefficient (Wildman–Crippen LogP) is 0.617. The van der Waals surface area contributed by atoms with E-state index >= 15 is 0 Å². The van der Waals surface area contributed by atoms with Crippen LogP contribution < -0.4 is 21.1 Å². The van der Waals surface area contributed by atoms with E-state index in [9.17, 15) is 4.79 Å². The first-order valence-corrected chi connectivity index (χ1v) is 6.13. The molecule has 1 aliphatic heterocycles. The molecule has 1 heterocycles. The molecule has 2 rings (SSSR count). The lowest BCUT2D eigenvalue weighted by Crippen LogP contribution is -2.30. The molecule has 0 saturated carbocycles. The smallest absolute Gasteiger partial charge is 0.251 e. The Bertz CT molecular complexity index is 428. The van der Waals surface area contributed by atoms with Gasteiger partial charge in [-0.2, -0.15) is 0 Å². The van der Waals surface area contributed by atoms with Crippen molar-refractivity contribution in [3.63, 3.8) is 0 Å². The molecule has 4 N–H and O–H groups in total. The molecule has 0 radical (unpaired) electrons. The Morgan fingerprint density at radius 2 is 2.44 bits per heavy atom. The van der Waals surface area contributed by atoms with Crippen molar-refractivity contribution in [1.82, 2.24) is 10.6 Å². The van der Waals surface area contributed by atoms with Crippen molar-refractivity contribution < 1.29 is 9.53 Å². The van der Waals surface area contributed by atoms with Crippen molar-refractivity contribution in [2.24, 2.45) is 5.92 Å². The number of anilines is 1. The van der Waals surface area contributed by atoms with Gasteiger partial charge >= 0.3 is 0 Å². The van der Waals surface area contributed by atoms with E-state index in [1.54, 1.807) is 18.2 Å². The number of hydrogen-bond acceptors (Lipinski definition) is 4. The van der Waals surface area contributed by atoms with Crippen LogP contribution in [0.3, 0.4) is 0 Å². The zero-order valence-corrected chi connectivity index (χ0v) is 10.5. The number of carbonyl (C=O) groups is 1. The Balaban J connectivity index is 1.95. The van der Waals surface area contributed by atoms with Crippen molar-refractivity contribution in [2.75, 3.05) is 32.5 Å². The van der Waals surface area contributed by atoms with Gasteiger partial charge in [-0.15, -0.1) is 0 Å². The lowest BCUT2D eigenvalue weighted by atomic mass is 10.1. The van der Waals surface area contributed by atoms with Crippen LogP contribution in [0.5, 0.6) is 5.75 Å². The van der Waals surface area contributed by atoms with Crippen LogP contribution in [0, 0.1) is 5.92 Å². The minimum absolute atomic E-state index is 0.0831. The first kappa shape index (κ1) is 12.7. The molecule has 0 aliphatic carbocycles. The first-order valence-electron chi connectivity index (χ1n) is 6.13. The van der Waals surface area contributed by atoms with Crippen molar-refractivity contribution in [3.05, 3.63) is 23.8 Å². The minimum atomic E-state index is -0.0831. The number of rotatable bonds is 4. The van der Waals surface area contributed by atoms with Crippen LogP contribution in [-0.4, -0.2) is 32.7 Å². The summed E-state index contributed by atoms with van der Waals surface area (Å²) in [6, 6.07) is 5.06. The van der Waals surface area contributed by atoms with E-state index in [1.807, 2.05) is 0 Å². The van der Waals surface area contributed by atoms with Gasteiger partial charge in [-0.05, 0) is 43.6 Å². The van der Waals surface area contributed by atoms with Gasteiger partial charge in [0.2, 0.25) is 0 Å². The predicted molar refractivity (Wildman–Crippen MR) is 70.7 cm³/mol. The number of nitrogens with one attached hydrogen (secondary N) is 2. The van der Waals surface area contributed by atoms with Gasteiger partial charge in [0.15, 0.2) is 0 Å². The summed E-state index contributed by atoms with van der Waals surface area (Å²) in [6.07, 6.45) is 1.12. The summed E-state index contributed by atoms with van der Waals surface area (Å²) < 4.78 is 5.10. The van der Waals surface area contributed by atoms with Crippen LogP contribution in [0.15, 0.2) is 18.2 Å². The highest BCUT2D eigenvalue weighted by molar-refractivity contribution is 5.95. The largest absolute Gasteiger partial charge is 0.495 e. The van der Waals surface area contributed by atoms with Crippen LogP contribution in [0.1, 0.15) is 16.8 Å².